The van der Waals surface area contributed by atoms with Crippen LogP contribution >= 0.6 is 0 Å². The highest BCUT2D eigenvalue weighted by Crippen LogP contribution is 2.08. The van der Waals surface area contributed by atoms with Crippen LogP contribution in [0.25, 0.3) is 0 Å². The van der Waals surface area contributed by atoms with E-state index in [1.807, 2.05) is 13.8 Å². The van der Waals surface area contributed by atoms with Crippen molar-refractivity contribution in [3.05, 3.63) is 24.3 Å². The third kappa shape index (κ3) is 1.87. The smallest absolute Gasteiger partial charge is 0.184 e. The lowest BCUT2D eigenvalue weighted by Crippen LogP contribution is -2.11. The zero-order valence-corrected chi connectivity index (χ0v) is 7.32. The average molecular weight is 164 g/mol. The third-order valence-electron chi connectivity index (χ3n) is 1.89. The van der Waals surface area contributed by atoms with E-state index in [4.69, 9.17) is 0 Å². The Hall–Kier alpha value is -1.25. The van der Waals surface area contributed by atoms with Crippen LogP contribution in [0.5, 0.6) is 0 Å². The van der Waals surface area contributed by atoms with Gasteiger partial charge in [-0.05, 0) is 12.5 Å². The highest BCUT2D eigenvalue weighted by Gasteiger charge is 2.13. The van der Waals surface area contributed by atoms with Gasteiger partial charge in [-0.3, -0.25) is 4.79 Å². The largest absolute Gasteiger partial charge is 0.292 e. The van der Waals surface area contributed by atoms with E-state index in [1.165, 1.54) is 6.33 Å². The summed E-state index contributed by atoms with van der Waals surface area (Å²) in [5, 5.41) is 0. The van der Waals surface area contributed by atoms with Gasteiger partial charge in [0.25, 0.3) is 0 Å². The molecule has 0 aliphatic rings. The van der Waals surface area contributed by atoms with Gasteiger partial charge in [0.05, 0.1) is 0 Å². The maximum Gasteiger partial charge on any atom is 0.184 e. The Morgan fingerprint density at radius 2 is 2.42 bits per heavy atom. The molecule has 3 nitrogen and oxygen atoms in total. The molecular formula is C9H12N2O. The lowest BCUT2D eigenvalue weighted by Gasteiger charge is -2.04. The van der Waals surface area contributed by atoms with Crippen LogP contribution in [0.1, 0.15) is 30.8 Å². The number of aromatic nitrogens is 2. The average Bonchev–Trinajstić information content (AvgIpc) is 2.17. The Morgan fingerprint density at radius 1 is 1.67 bits per heavy atom. The standard InChI is InChI=1S/C9H12N2O/c1-3-7(2)9(12)8-4-5-10-6-11-8/h4-7H,3H2,1-2H3. The Morgan fingerprint density at radius 3 is 2.92 bits per heavy atom. The van der Waals surface area contributed by atoms with Crippen molar-refractivity contribution < 1.29 is 4.79 Å². The SMILES string of the molecule is CCC(C)C(=O)c1ccncn1. The zero-order valence-electron chi connectivity index (χ0n) is 7.32. The molecule has 0 aliphatic heterocycles. The van der Waals surface area contributed by atoms with Crippen molar-refractivity contribution in [1.29, 1.82) is 0 Å². The van der Waals surface area contributed by atoms with Gasteiger partial charge in [0.15, 0.2) is 5.78 Å². The van der Waals surface area contributed by atoms with Gasteiger partial charge in [0, 0.05) is 12.1 Å². The Balaban J connectivity index is 2.79. The molecule has 0 amide bonds. The minimum Gasteiger partial charge on any atom is -0.292 e. The quantitative estimate of drug-likeness (QED) is 0.638. The van der Waals surface area contributed by atoms with E-state index in [2.05, 4.69) is 9.97 Å². The Kier molecular flexibility index (Phi) is 2.91. The van der Waals surface area contributed by atoms with Crippen LogP contribution in [0.4, 0.5) is 0 Å². The van der Waals surface area contributed by atoms with Gasteiger partial charge in [-0.15, -0.1) is 0 Å². The number of nitrogens with zero attached hydrogens (tertiary/aromatic N) is 2. The van der Waals surface area contributed by atoms with Gasteiger partial charge >= 0.3 is 0 Å². The summed E-state index contributed by atoms with van der Waals surface area (Å²) in [6.07, 6.45) is 3.83. The van der Waals surface area contributed by atoms with Crippen molar-refractivity contribution in [2.45, 2.75) is 20.3 Å². The van der Waals surface area contributed by atoms with Crippen LogP contribution in [0, 0.1) is 5.92 Å². The van der Waals surface area contributed by atoms with Gasteiger partial charge in [-0.2, -0.15) is 0 Å². The lowest BCUT2D eigenvalue weighted by molar-refractivity contribution is 0.0922. The lowest BCUT2D eigenvalue weighted by atomic mass is 10.0. The van der Waals surface area contributed by atoms with E-state index in [-0.39, 0.29) is 11.7 Å². The van der Waals surface area contributed by atoms with Gasteiger partial charge in [-0.1, -0.05) is 13.8 Å². The van der Waals surface area contributed by atoms with Crippen LogP contribution in [0.2, 0.25) is 0 Å². The molecule has 0 radical (unpaired) electrons. The summed E-state index contributed by atoms with van der Waals surface area (Å²) in [6.45, 7) is 3.90. The Labute approximate surface area is 71.9 Å². The normalized spacial score (nSPS) is 12.5. The minimum atomic E-state index is 0.0555. The first-order chi connectivity index (χ1) is 5.75. The second kappa shape index (κ2) is 3.95. The molecule has 1 heterocycles. The predicted molar refractivity (Wildman–Crippen MR) is 45.8 cm³/mol. The monoisotopic (exact) mass is 164 g/mol. The second-order valence-electron chi connectivity index (χ2n) is 2.77. The van der Waals surface area contributed by atoms with Crippen molar-refractivity contribution in [3.63, 3.8) is 0 Å². The molecule has 3 heteroatoms. The number of hydrogen-bond acceptors (Lipinski definition) is 3. The Bertz CT molecular complexity index is 258. The molecule has 0 bridgehead atoms. The fourth-order valence-electron chi connectivity index (χ4n) is 0.874. The van der Waals surface area contributed by atoms with Gasteiger partial charge in [0.1, 0.15) is 12.0 Å². The highest BCUT2D eigenvalue weighted by molar-refractivity contribution is 5.95. The number of hydrogen-bond donors (Lipinski definition) is 0. The summed E-state index contributed by atoms with van der Waals surface area (Å²) in [7, 11) is 0. The summed E-state index contributed by atoms with van der Waals surface area (Å²) in [6, 6.07) is 1.65. The van der Waals surface area contributed by atoms with E-state index in [0.717, 1.165) is 6.42 Å². The second-order valence-corrected chi connectivity index (χ2v) is 2.77. The molecular weight excluding hydrogens is 152 g/mol. The maximum atomic E-state index is 11.5. The molecule has 0 spiro atoms. The summed E-state index contributed by atoms with van der Waals surface area (Å²) < 4.78 is 0. The topological polar surface area (TPSA) is 42.9 Å². The zero-order chi connectivity index (χ0) is 8.97. The molecule has 1 rings (SSSR count). The molecule has 1 aromatic heterocycles. The number of carbonyl (C=O) groups excluding carboxylic acids is 1. The van der Waals surface area contributed by atoms with E-state index in [9.17, 15) is 4.79 Å². The highest BCUT2D eigenvalue weighted by atomic mass is 16.1. The van der Waals surface area contributed by atoms with Crippen LogP contribution in [0.3, 0.4) is 0 Å². The van der Waals surface area contributed by atoms with Crippen molar-refractivity contribution >= 4 is 5.78 Å². The molecule has 0 fully saturated rings. The van der Waals surface area contributed by atoms with Crippen molar-refractivity contribution in [3.8, 4) is 0 Å². The molecule has 1 atom stereocenters. The predicted octanol–water partition coefficient (Wildman–Crippen LogP) is 1.71. The van der Waals surface area contributed by atoms with Crippen molar-refractivity contribution in [2.75, 3.05) is 0 Å². The van der Waals surface area contributed by atoms with E-state index < -0.39 is 0 Å². The van der Waals surface area contributed by atoms with Gasteiger partial charge < -0.3 is 0 Å². The van der Waals surface area contributed by atoms with Crippen LogP contribution < -0.4 is 0 Å². The number of carbonyl (C=O) groups is 1. The molecule has 12 heavy (non-hydrogen) atoms. The fraction of sp³-hybridized carbons (Fsp3) is 0.444. The summed E-state index contributed by atoms with van der Waals surface area (Å²) in [5.74, 6) is 0.153. The van der Waals surface area contributed by atoms with E-state index in [0.29, 0.717) is 5.69 Å². The number of Topliss-reactive ketones (excluding diaryl/α,β-unsaturated/α-hetero) is 1. The van der Waals surface area contributed by atoms with Crippen LogP contribution in [0.15, 0.2) is 18.6 Å². The van der Waals surface area contributed by atoms with Gasteiger partial charge in [-0.25, -0.2) is 9.97 Å². The van der Waals surface area contributed by atoms with Crippen molar-refractivity contribution in [2.24, 2.45) is 5.92 Å². The molecule has 0 N–H and O–H groups in total. The molecule has 0 aromatic carbocycles. The maximum absolute atomic E-state index is 11.5. The first kappa shape index (κ1) is 8.84. The first-order valence-corrected chi connectivity index (χ1v) is 4.06. The van der Waals surface area contributed by atoms with Gasteiger partial charge in [0.2, 0.25) is 0 Å². The summed E-state index contributed by atoms with van der Waals surface area (Å²) in [4.78, 5) is 19.1. The van der Waals surface area contributed by atoms with E-state index >= 15 is 0 Å². The van der Waals surface area contributed by atoms with Crippen molar-refractivity contribution in [1.82, 2.24) is 9.97 Å². The molecule has 0 saturated carbocycles. The third-order valence-corrected chi connectivity index (χ3v) is 1.89. The fourth-order valence-corrected chi connectivity index (χ4v) is 0.874. The molecule has 1 aromatic rings. The molecule has 0 saturated heterocycles. The summed E-state index contributed by atoms with van der Waals surface area (Å²) in [5.41, 5.74) is 0.513. The minimum absolute atomic E-state index is 0.0555. The van der Waals surface area contributed by atoms with E-state index in [1.54, 1.807) is 12.3 Å². The molecule has 1 unspecified atom stereocenters. The van der Waals surface area contributed by atoms with Crippen LogP contribution in [-0.2, 0) is 0 Å². The first-order valence-electron chi connectivity index (χ1n) is 4.06. The number of rotatable bonds is 3. The molecule has 64 valence electrons. The number of ketones is 1. The summed E-state index contributed by atoms with van der Waals surface area (Å²) >= 11 is 0. The molecule has 0 aliphatic carbocycles. The van der Waals surface area contributed by atoms with Crippen LogP contribution in [-0.4, -0.2) is 15.8 Å².